The Labute approximate surface area is 99.4 Å². The van der Waals surface area contributed by atoms with Crippen LogP contribution in [0.2, 0.25) is 5.02 Å². The molecule has 1 aliphatic heterocycles. The normalized spacial score (nSPS) is 20.4. The van der Waals surface area contributed by atoms with E-state index in [1.54, 1.807) is 28.8 Å². The number of halogens is 1. The molecular formula is C11H15ClN2O2. The van der Waals surface area contributed by atoms with Gasteiger partial charge < -0.3 is 14.6 Å². The average molecular weight is 243 g/mol. The van der Waals surface area contributed by atoms with Crippen LogP contribution in [0, 0.1) is 5.92 Å². The van der Waals surface area contributed by atoms with Gasteiger partial charge in [-0.1, -0.05) is 11.6 Å². The van der Waals surface area contributed by atoms with Gasteiger partial charge in [-0.05, 0) is 12.5 Å². The Morgan fingerprint density at radius 1 is 1.69 bits per heavy atom. The third-order valence-corrected chi connectivity index (χ3v) is 3.23. The van der Waals surface area contributed by atoms with Crippen LogP contribution >= 0.6 is 11.6 Å². The third kappa shape index (κ3) is 2.08. The Morgan fingerprint density at radius 2 is 2.44 bits per heavy atom. The Kier molecular flexibility index (Phi) is 3.21. The summed E-state index contributed by atoms with van der Waals surface area (Å²) in [5.41, 5.74) is 0.601. The zero-order valence-corrected chi connectivity index (χ0v) is 9.94. The summed E-state index contributed by atoms with van der Waals surface area (Å²) in [7, 11) is 1.80. The van der Waals surface area contributed by atoms with E-state index < -0.39 is 0 Å². The first-order valence-electron chi connectivity index (χ1n) is 5.34. The number of aliphatic hydroxyl groups excluding tert-OH is 1. The van der Waals surface area contributed by atoms with E-state index in [1.807, 2.05) is 0 Å². The van der Waals surface area contributed by atoms with Crippen molar-refractivity contribution in [2.45, 2.75) is 6.42 Å². The number of carbonyl (C=O) groups is 1. The number of nitrogens with zero attached hydrogens (tertiary/aromatic N) is 2. The van der Waals surface area contributed by atoms with Crippen molar-refractivity contribution in [3.05, 3.63) is 23.0 Å². The minimum absolute atomic E-state index is 0.00894. The smallest absolute Gasteiger partial charge is 0.270 e. The van der Waals surface area contributed by atoms with Crippen molar-refractivity contribution in [2.24, 2.45) is 13.0 Å². The molecule has 0 aromatic carbocycles. The highest BCUT2D eigenvalue weighted by Crippen LogP contribution is 2.20. The summed E-state index contributed by atoms with van der Waals surface area (Å²) in [4.78, 5) is 13.9. The van der Waals surface area contributed by atoms with Gasteiger partial charge in [0.1, 0.15) is 5.69 Å². The summed E-state index contributed by atoms with van der Waals surface area (Å²) in [6.45, 7) is 1.50. The molecule has 0 aliphatic carbocycles. The molecule has 1 unspecified atom stereocenters. The first-order valence-corrected chi connectivity index (χ1v) is 5.71. The zero-order chi connectivity index (χ0) is 11.7. The van der Waals surface area contributed by atoms with Gasteiger partial charge in [-0.2, -0.15) is 0 Å². The first-order chi connectivity index (χ1) is 7.61. The van der Waals surface area contributed by atoms with Crippen LogP contribution in [-0.4, -0.2) is 40.2 Å². The number of aliphatic hydroxyl groups is 1. The second-order valence-electron chi connectivity index (χ2n) is 4.24. The number of hydrogen-bond donors (Lipinski definition) is 1. The average Bonchev–Trinajstić information content (AvgIpc) is 2.84. The van der Waals surface area contributed by atoms with Gasteiger partial charge in [0.25, 0.3) is 5.91 Å². The Morgan fingerprint density at radius 3 is 2.94 bits per heavy atom. The molecule has 4 nitrogen and oxygen atoms in total. The summed E-state index contributed by atoms with van der Waals surface area (Å²) in [5.74, 6) is 0.213. The van der Waals surface area contributed by atoms with Crippen LogP contribution in [0.5, 0.6) is 0 Å². The molecule has 1 aromatic heterocycles. The molecule has 88 valence electrons. The predicted molar refractivity (Wildman–Crippen MR) is 61.5 cm³/mol. The largest absolute Gasteiger partial charge is 0.396 e. The van der Waals surface area contributed by atoms with E-state index in [9.17, 15) is 4.79 Å². The van der Waals surface area contributed by atoms with Crippen LogP contribution in [-0.2, 0) is 7.05 Å². The zero-order valence-electron chi connectivity index (χ0n) is 9.19. The third-order valence-electron chi connectivity index (χ3n) is 3.02. The van der Waals surface area contributed by atoms with Gasteiger partial charge in [0.05, 0.1) is 5.02 Å². The number of amides is 1. The van der Waals surface area contributed by atoms with E-state index in [0.717, 1.165) is 6.42 Å². The maximum Gasteiger partial charge on any atom is 0.270 e. The molecular weight excluding hydrogens is 228 g/mol. The van der Waals surface area contributed by atoms with Crippen LogP contribution in [0.4, 0.5) is 0 Å². The minimum atomic E-state index is -0.00894. The number of hydrogen-bond acceptors (Lipinski definition) is 2. The Bertz CT molecular complexity index is 403. The van der Waals surface area contributed by atoms with Gasteiger partial charge in [-0.15, -0.1) is 0 Å². The lowest BCUT2D eigenvalue weighted by Crippen LogP contribution is -2.30. The van der Waals surface area contributed by atoms with E-state index in [2.05, 4.69) is 0 Å². The maximum absolute atomic E-state index is 12.1. The Hall–Kier alpha value is -1.00. The number of likely N-dealkylation sites (tertiary alicyclic amines) is 1. The van der Waals surface area contributed by atoms with Crippen LogP contribution < -0.4 is 0 Å². The number of aryl methyl sites for hydroxylation is 1. The van der Waals surface area contributed by atoms with Crippen molar-refractivity contribution in [3.63, 3.8) is 0 Å². The summed E-state index contributed by atoms with van der Waals surface area (Å²) < 4.78 is 1.73. The molecule has 2 rings (SSSR count). The van der Waals surface area contributed by atoms with Gasteiger partial charge >= 0.3 is 0 Å². The van der Waals surface area contributed by atoms with Crippen molar-refractivity contribution in [2.75, 3.05) is 19.7 Å². The molecule has 5 heteroatoms. The molecule has 1 amide bonds. The number of aromatic nitrogens is 1. The van der Waals surface area contributed by atoms with Gasteiger partial charge in [0.15, 0.2) is 0 Å². The standard InChI is InChI=1S/C11H15ClN2O2/c1-13-6-9(12)4-10(13)11(16)14-3-2-8(5-14)7-15/h4,6,8,15H,2-3,5,7H2,1H3. The summed E-state index contributed by atoms with van der Waals surface area (Å²) in [6.07, 6.45) is 2.59. The fourth-order valence-corrected chi connectivity index (χ4v) is 2.31. The molecule has 2 heterocycles. The maximum atomic E-state index is 12.1. The van der Waals surface area contributed by atoms with Crippen LogP contribution in [0.15, 0.2) is 12.3 Å². The molecule has 0 saturated carbocycles. The van der Waals surface area contributed by atoms with Gasteiger partial charge in [0.2, 0.25) is 0 Å². The molecule has 1 N–H and O–H groups in total. The molecule has 1 saturated heterocycles. The summed E-state index contributed by atoms with van der Waals surface area (Å²) in [6, 6.07) is 1.68. The van der Waals surface area contributed by atoms with Crippen molar-refractivity contribution >= 4 is 17.5 Å². The lowest BCUT2D eigenvalue weighted by atomic mass is 10.1. The van der Waals surface area contributed by atoms with Crippen LogP contribution in [0.25, 0.3) is 0 Å². The molecule has 0 bridgehead atoms. The van der Waals surface area contributed by atoms with Crippen molar-refractivity contribution in [1.29, 1.82) is 0 Å². The summed E-state index contributed by atoms with van der Waals surface area (Å²) in [5, 5.41) is 9.60. The molecule has 0 radical (unpaired) electrons. The van der Waals surface area contributed by atoms with Crippen LogP contribution in [0.3, 0.4) is 0 Å². The summed E-state index contributed by atoms with van der Waals surface area (Å²) >= 11 is 5.84. The minimum Gasteiger partial charge on any atom is -0.396 e. The van der Waals surface area contributed by atoms with Gasteiger partial charge in [-0.25, -0.2) is 0 Å². The SMILES string of the molecule is Cn1cc(Cl)cc1C(=O)N1CCC(CO)C1. The molecule has 1 aliphatic rings. The topological polar surface area (TPSA) is 45.5 Å². The molecule has 1 aromatic rings. The van der Waals surface area contributed by atoms with Gasteiger partial charge in [-0.3, -0.25) is 4.79 Å². The van der Waals surface area contributed by atoms with E-state index in [0.29, 0.717) is 23.8 Å². The lowest BCUT2D eigenvalue weighted by Gasteiger charge is -2.16. The van der Waals surface area contributed by atoms with Crippen molar-refractivity contribution < 1.29 is 9.90 Å². The van der Waals surface area contributed by atoms with E-state index >= 15 is 0 Å². The van der Waals surface area contributed by atoms with E-state index in [1.165, 1.54) is 0 Å². The van der Waals surface area contributed by atoms with Crippen LogP contribution in [0.1, 0.15) is 16.9 Å². The van der Waals surface area contributed by atoms with Gasteiger partial charge in [0, 0.05) is 38.9 Å². The predicted octanol–water partition coefficient (Wildman–Crippen LogP) is 1.13. The first kappa shape index (κ1) is 11.5. The number of rotatable bonds is 2. The fraction of sp³-hybridized carbons (Fsp3) is 0.545. The second kappa shape index (κ2) is 4.47. The van der Waals surface area contributed by atoms with E-state index in [-0.39, 0.29) is 18.4 Å². The highest BCUT2D eigenvalue weighted by atomic mass is 35.5. The second-order valence-corrected chi connectivity index (χ2v) is 4.68. The Balaban J connectivity index is 2.11. The highest BCUT2D eigenvalue weighted by molar-refractivity contribution is 6.31. The molecule has 0 spiro atoms. The monoisotopic (exact) mass is 242 g/mol. The number of carbonyl (C=O) groups excluding carboxylic acids is 1. The quantitative estimate of drug-likeness (QED) is 0.845. The van der Waals surface area contributed by atoms with E-state index in [4.69, 9.17) is 16.7 Å². The molecule has 16 heavy (non-hydrogen) atoms. The lowest BCUT2D eigenvalue weighted by molar-refractivity contribution is 0.0772. The van der Waals surface area contributed by atoms with Crippen molar-refractivity contribution in [1.82, 2.24) is 9.47 Å². The molecule has 1 fully saturated rings. The highest BCUT2D eigenvalue weighted by Gasteiger charge is 2.27. The fourth-order valence-electron chi connectivity index (χ4n) is 2.06. The van der Waals surface area contributed by atoms with Crippen molar-refractivity contribution in [3.8, 4) is 0 Å². The molecule has 1 atom stereocenters.